The molecule has 0 saturated heterocycles. The van der Waals surface area contributed by atoms with Crippen molar-refractivity contribution in [1.29, 1.82) is 0 Å². The number of carbonyl (C=O) groups is 1. The number of ether oxygens (including phenoxy) is 1. The zero-order chi connectivity index (χ0) is 10.1. The Bertz CT molecular complexity index is 487. The van der Waals surface area contributed by atoms with Crippen molar-refractivity contribution in [3.05, 3.63) is 23.4 Å². The zero-order valence-electron chi connectivity index (χ0n) is 7.90. The van der Waals surface area contributed by atoms with E-state index in [1.54, 1.807) is 12.1 Å². The molecule has 0 bridgehead atoms. The van der Waals surface area contributed by atoms with Crippen LogP contribution in [0.1, 0.15) is 16.1 Å². The Morgan fingerprint density at radius 3 is 2.93 bits per heavy atom. The van der Waals surface area contributed by atoms with E-state index in [-0.39, 0.29) is 0 Å². The molecule has 2 aromatic rings. The number of aldehydes is 1. The Balaban J connectivity index is 2.82. The highest BCUT2D eigenvalue weighted by atomic mass is 16.5. The number of fused-ring (bicyclic) bond motifs is 1. The highest BCUT2D eigenvalue weighted by Gasteiger charge is 2.11. The van der Waals surface area contributed by atoms with Gasteiger partial charge < -0.3 is 9.26 Å². The third-order valence-corrected chi connectivity index (χ3v) is 2.10. The van der Waals surface area contributed by atoms with Crippen molar-refractivity contribution in [2.24, 2.45) is 0 Å². The van der Waals surface area contributed by atoms with Crippen LogP contribution in [0.5, 0.6) is 5.75 Å². The van der Waals surface area contributed by atoms with E-state index in [4.69, 9.17) is 9.26 Å². The molecular weight excluding hydrogens is 182 g/mol. The van der Waals surface area contributed by atoms with Crippen molar-refractivity contribution in [3.8, 4) is 5.75 Å². The molecule has 14 heavy (non-hydrogen) atoms. The molecule has 1 aromatic heterocycles. The fourth-order valence-corrected chi connectivity index (χ4v) is 1.37. The Kier molecular flexibility index (Phi) is 1.96. The summed E-state index contributed by atoms with van der Waals surface area (Å²) in [5.41, 5.74) is 1.89. The van der Waals surface area contributed by atoms with Gasteiger partial charge >= 0.3 is 0 Å². The van der Waals surface area contributed by atoms with Crippen molar-refractivity contribution in [1.82, 2.24) is 5.16 Å². The largest absolute Gasteiger partial charge is 0.493 e. The highest BCUT2D eigenvalue weighted by Crippen LogP contribution is 2.28. The summed E-state index contributed by atoms with van der Waals surface area (Å²) in [6.07, 6.45) is 0.772. The number of methoxy groups -OCH3 is 1. The third-order valence-electron chi connectivity index (χ3n) is 2.10. The lowest BCUT2D eigenvalue weighted by atomic mass is 10.1. The van der Waals surface area contributed by atoms with Gasteiger partial charge in [-0.25, -0.2) is 0 Å². The normalized spacial score (nSPS) is 10.4. The van der Waals surface area contributed by atoms with E-state index >= 15 is 0 Å². The highest BCUT2D eigenvalue weighted by molar-refractivity contribution is 5.91. The first-order valence-electron chi connectivity index (χ1n) is 4.15. The van der Waals surface area contributed by atoms with Gasteiger partial charge in [0.05, 0.1) is 12.8 Å². The minimum Gasteiger partial charge on any atom is -0.493 e. The number of hydrogen-bond acceptors (Lipinski definition) is 4. The molecule has 0 unspecified atom stereocenters. The van der Waals surface area contributed by atoms with E-state index in [0.717, 1.165) is 17.4 Å². The summed E-state index contributed by atoms with van der Waals surface area (Å²) in [7, 11) is 1.53. The van der Waals surface area contributed by atoms with E-state index < -0.39 is 0 Å². The van der Waals surface area contributed by atoms with Gasteiger partial charge in [0, 0.05) is 10.9 Å². The van der Waals surface area contributed by atoms with Crippen LogP contribution < -0.4 is 4.74 Å². The predicted octanol–water partition coefficient (Wildman–Crippen LogP) is 1.96. The molecule has 0 aliphatic rings. The van der Waals surface area contributed by atoms with Gasteiger partial charge in [-0.2, -0.15) is 0 Å². The summed E-state index contributed by atoms with van der Waals surface area (Å²) in [4.78, 5) is 10.6. The molecule has 0 amide bonds. The molecule has 0 aliphatic heterocycles. The van der Waals surface area contributed by atoms with Crippen molar-refractivity contribution in [3.63, 3.8) is 0 Å². The molecule has 0 N–H and O–H groups in total. The van der Waals surface area contributed by atoms with Crippen molar-refractivity contribution in [2.75, 3.05) is 7.11 Å². The number of benzene rings is 1. The molecular formula is C10H9NO3. The zero-order valence-corrected chi connectivity index (χ0v) is 7.90. The number of hydrogen-bond donors (Lipinski definition) is 0. The average molecular weight is 191 g/mol. The summed E-state index contributed by atoms with van der Waals surface area (Å²) >= 11 is 0. The van der Waals surface area contributed by atoms with Gasteiger partial charge in [-0.3, -0.25) is 4.79 Å². The monoisotopic (exact) mass is 191 g/mol. The minimum atomic E-state index is 0.533. The minimum absolute atomic E-state index is 0.533. The second-order valence-corrected chi connectivity index (χ2v) is 2.99. The first-order chi connectivity index (χ1) is 6.76. The van der Waals surface area contributed by atoms with Crippen LogP contribution in [0.2, 0.25) is 0 Å². The molecule has 0 fully saturated rings. The van der Waals surface area contributed by atoms with E-state index in [0.29, 0.717) is 16.9 Å². The lowest BCUT2D eigenvalue weighted by Crippen LogP contribution is -1.87. The summed E-state index contributed by atoms with van der Waals surface area (Å²) in [6.45, 7) is 1.82. The first kappa shape index (κ1) is 8.74. The Labute approximate surface area is 80.4 Å². The average Bonchev–Trinajstić information content (AvgIpc) is 2.59. The van der Waals surface area contributed by atoms with Crippen LogP contribution in [0, 0.1) is 6.92 Å². The van der Waals surface area contributed by atoms with Crippen molar-refractivity contribution < 1.29 is 14.1 Å². The maximum atomic E-state index is 10.6. The van der Waals surface area contributed by atoms with Crippen LogP contribution >= 0.6 is 0 Å². The van der Waals surface area contributed by atoms with Gasteiger partial charge in [-0.15, -0.1) is 0 Å². The molecule has 72 valence electrons. The standard InChI is InChI=1S/C10H9NO3/c1-6-8-3-7(5-12)4-9(13-2)10(8)14-11-6/h3-5H,1-2H3. The molecule has 0 radical (unpaired) electrons. The van der Waals surface area contributed by atoms with Crippen LogP contribution in [-0.2, 0) is 0 Å². The number of carbonyl (C=O) groups excluding carboxylic acids is 1. The van der Waals surface area contributed by atoms with Crippen LogP contribution in [0.4, 0.5) is 0 Å². The topological polar surface area (TPSA) is 52.3 Å². The van der Waals surface area contributed by atoms with Gasteiger partial charge in [0.25, 0.3) is 0 Å². The maximum absolute atomic E-state index is 10.6. The molecule has 0 spiro atoms. The molecule has 0 saturated carbocycles. The third kappa shape index (κ3) is 1.16. The van der Waals surface area contributed by atoms with E-state index in [1.165, 1.54) is 7.11 Å². The Morgan fingerprint density at radius 1 is 1.50 bits per heavy atom. The lowest BCUT2D eigenvalue weighted by molar-refractivity contribution is 0.112. The SMILES string of the molecule is COc1cc(C=O)cc2c(C)noc12. The molecule has 0 atom stereocenters. The fraction of sp³-hybridized carbons (Fsp3) is 0.200. The summed E-state index contributed by atoms with van der Waals surface area (Å²) in [5.74, 6) is 0.533. The van der Waals surface area contributed by atoms with Gasteiger partial charge in [0.15, 0.2) is 5.75 Å². The van der Waals surface area contributed by atoms with Gasteiger partial charge in [0.1, 0.15) is 6.29 Å². The lowest BCUT2D eigenvalue weighted by Gasteiger charge is -2.00. The summed E-state index contributed by atoms with van der Waals surface area (Å²) in [5, 5.41) is 4.62. The molecule has 2 rings (SSSR count). The predicted molar refractivity (Wildman–Crippen MR) is 50.7 cm³/mol. The number of aromatic nitrogens is 1. The number of rotatable bonds is 2. The quantitative estimate of drug-likeness (QED) is 0.681. The second kappa shape index (κ2) is 3.14. The van der Waals surface area contributed by atoms with Crippen LogP contribution in [0.15, 0.2) is 16.7 Å². The molecule has 1 heterocycles. The number of aryl methyl sites for hydroxylation is 1. The molecule has 4 heteroatoms. The van der Waals surface area contributed by atoms with E-state index in [1.807, 2.05) is 6.92 Å². The second-order valence-electron chi connectivity index (χ2n) is 2.99. The van der Waals surface area contributed by atoms with Crippen LogP contribution in [0.25, 0.3) is 11.0 Å². The van der Waals surface area contributed by atoms with E-state index in [2.05, 4.69) is 5.16 Å². The van der Waals surface area contributed by atoms with Gasteiger partial charge in [-0.1, -0.05) is 5.16 Å². The molecule has 0 aliphatic carbocycles. The van der Waals surface area contributed by atoms with E-state index in [9.17, 15) is 4.79 Å². The number of nitrogens with zero attached hydrogens (tertiary/aromatic N) is 1. The van der Waals surface area contributed by atoms with Gasteiger partial charge in [-0.05, 0) is 19.1 Å². The molecule has 4 nitrogen and oxygen atoms in total. The first-order valence-corrected chi connectivity index (χ1v) is 4.15. The summed E-state index contributed by atoms with van der Waals surface area (Å²) < 4.78 is 10.2. The van der Waals surface area contributed by atoms with Gasteiger partial charge in [0.2, 0.25) is 5.58 Å². The fourth-order valence-electron chi connectivity index (χ4n) is 1.37. The maximum Gasteiger partial charge on any atom is 0.208 e. The van der Waals surface area contributed by atoms with Crippen molar-refractivity contribution >= 4 is 17.3 Å². The van der Waals surface area contributed by atoms with Crippen LogP contribution in [0.3, 0.4) is 0 Å². The van der Waals surface area contributed by atoms with Crippen LogP contribution in [-0.4, -0.2) is 18.6 Å². The summed E-state index contributed by atoms with van der Waals surface area (Å²) in [6, 6.07) is 3.36. The Morgan fingerprint density at radius 2 is 2.29 bits per heavy atom. The Hall–Kier alpha value is -1.84. The van der Waals surface area contributed by atoms with Crippen molar-refractivity contribution in [2.45, 2.75) is 6.92 Å². The molecule has 1 aromatic carbocycles. The smallest absolute Gasteiger partial charge is 0.208 e.